The van der Waals surface area contributed by atoms with Crippen LogP contribution >= 0.6 is 0 Å². The Labute approximate surface area is 120 Å². The second-order valence-electron chi connectivity index (χ2n) is 4.49. The lowest BCUT2D eigenvalue weighted by Gasteiger charge is -2.18. The van der Waals surface area contributed by atoms with Crippen LogP contribution in [0.5, 0.6) is 11.5 Å². The van der Waals surface area contributed by atoms with Gasteiger partial charge in [0.05, 0.1) is 19.9 Å². The number of carbonyl (C=O) groups is 1. The molecule has 1 amide bonds. The summed E-state index contributed by atoms with van der Waals surface area (Å²) in [5.41, 5.74) is 7.42. The SMILES string of the molecule is CCN(CC)C(=O)CCc1cc(N)c(OC)c(OC)c1. The summed E-state index contributed by atoms with van der Waals surface area (Å²) in [6.45, 7) is 5.44. The van der Waals surface area contributed by atoms with Crippen LogP contribution in [0.1, 0.15) is 25.8 Å². The molecule has 0 fully saturated rings. The number of carbonyl (C=O) groups excluding carboxylic acids is 1. The van der Waals surface area contributed by atoms with E-state index in [0.29, 0.717) is 30.0 Å². The summed E-state index contributed by atoms with van der Waals surface area (Å²) in [4.78, 5) is 13.8. The van der Waals surface area contributed by atoms with Crippen molar-refractivity contribution in [3.8, 4) is 11.5 Å². The minimum Gasteiger partial charge on any atom is -0.493 e. The third-order valence-corrected chi connectivity index (χ3v) is 3.31. The van der Waals surface area contributed by atoms with Crippen LogP contribution in [0.3, 0.4) is 0 Å². The smallest absolute Gasteiger partial charge is 0.222 e. The van der Waals surface area contributed by atoms with Crippen molar-refractivity contribution >= 4 is 11.6 Å². The van der Waals surface area contributed by atoms with Gasteiger partial charge in [-0.25, -0.2) is 0 Å². The van der Waals surface area contributed by atoms with Gasteiger partial charge in [0.2, 0.25) is 5.91 Å². The van der Waals surface area contributed by atoms with Gasteiger partial charge in [0.15, 0.2) is 11.5 Å². The number of benzene rings is 1. The van der Waals surface area contributed by atoms with E-state index >= 15 is 0 Å². The summed E-state index contributed by atoms with van der Waals surface area (Å²) in [7, 11) is 3.12. The molecule has 0 heterocycles. The van der Waals surface area contributed by atoms with Gasteiger partial charge in [-0.1, -0.05) is 0 Å². The Morgan fingerprint density at radius 2 is 1.85 bits per heavy atom. The monoisotopic (exact) mass is 280 g/mol. The number of ether oxygens (including phenoxy) is 2. The van der Waals surface area contributed by atoms with Gasteiger partial charge in [-0.3, -0.25) is 4.79 Å². The molecule has 0 aliphatic heterocycles. The van der Waals surface area contributed by atoms with Gasteiger partial charge in [0.25, 0.3) is 0 Å². The van der Waals surface area contributed by atoms with Crippen molar-refractivity contribution in [1.29, 1.82) is 0 Å². The topological polar surface area (TPSA) is 64.8 Å². The van der Waals surface area contributed by atoms with Crippen molar-refractivity contribution in [3.63, 3.8) is 0 Å². The number of nitrogen functional groups attached to an aromatic ring is 1. The number of hydrogen-bond donors (Lipinski definition) is 1. The number of nitrogens with zero attached hydrogens (tertiary/aromatic N) is 1. The van der Waals surface area contributed by atoms with Gasteiger partial charge in [-0.2, -0.15) is 0 Å². The fourth-order valence-electron chi connectivity index (χ4n) is 2.18. The molecular formula is C15H24N2O3. The average molecular weight is 280 g/mol. The average Bonchev–Trinajstić information content (AvgIpc) is 2.45. The van der Waals surface area contributed by atoms with Crippen LogP contribution in [0.25, 0.3) is 0 Å². The highest BCUT2D eigenvalue weighted by Crippen LogP contribution is 2.34. The first-order valence-electron chi connectivity index (χ1n) is 6.85. The number of nitrogens with two attached hydrogens (primary N) is 1. The lowest BCUT2D eigenvalue weighted by molar-refractivity contribution is -0.130. The van der Waals surface area contributed by atoms with Crippen molar-refractivity contribution in [2.24, 2.45) is 0 Å². The van der Waals surface area contributed by atoms with E-state index in [1.165, 1.54) is 0 Å². The summed E-state index contributed by atoms with van der Waals surface area (Å²) < 4.78 is 10.4. The Balaban J connectivity index is 2.79. The van der Waals surface area contributed by atoms with Crippen molar-refractivity contribution in [3.05, 3.63) is 17.7 Å². The van der Waals surface area contributed by atoms with Crippen molar-refractivity contribution in [2.75, 3.05) is 33.0 Å². The Hall–Kier alpha value is -1.91. The zero-order valence-corrected chi connectivity index (χ0v) is 12.7. The molecule has 0 unspecified atom stereocenters. The maximum Gasteiger partial charge on any atom is 0.222 e. The third-order valence-electron chi connectivity index (χ3n) is 3.31. The predicted octanol–water partition coefficient (Wildman–Crippen LogP) is 2.09. The zero-order chi connectivity index (χ0) is 15.1. The van der Waals surface area contributed by atoms with Crippen LogP contribution in [-0.4, -0.2) is 38.1 Å². The molecule has 0 bridgehead atoms. The highest BCUT2D eigenvalue weighted by molar-refractivity contribution is 5.76. The minimum absolute atomic E-state index is 0.156. The first-order chi connectivity index (χ1) is 9.57. The number of anilines is 1. The minimum atomic E-state index is 0.156. The van der Waals surface area contributed by atoms with E-state index in [2.05, 4.69) is 0 Å². The van der Waals surface area contributed by atoms with E-state index in [9.17, 15) is 4.79 Å². The predicted molar refractivity (Wildman–Crippen MR) is 80.2 cm³/mol. The molecule has 0 saturated heterocycles. The number of hydrogen-bond acceptors (Lipinski definition) is 4. The molecule has 1 rings (SSSR count). The molecule has 0 saturated carbocycles. The number of amides is 1. The lowest BCUT2D eigenvalue weighted by Crippen LogP contribution is -2.30. The van der Waals surface area contributed by atoms with Crippen LogP contribution in [-0.2, 0) is 11.2 Å². The molecule has 20 heavy (non-hydrogen) atoms. The van der Waals surface area contributed by atoms with E-state index in [4.69, 9.17) is 15.2 Å². The molecule has 2 N–H and O–H groups in total. The van der Waals surface area contributed by atoms with E-state index in [0.717, 1.165) is 18.7 Å². The third kappa shape index (κ3) is 3.79. The van der Waals surface area contributed by atoms with Gasteiger partial charge < -0.3 is 20.1 Å². The largest absolute Gasteiger partial charge is 0.493 e. The molecule has 5 nitrogen and oxygen atoms in total. The maximum atomic E-state index is 12.0. The van der Waals surface area contributed by atoms with Gasteiger partial charge >= 0.3 is 0 Å². The van der Waals surface area contributed by atoms with Gasteiger partial charge in [-0.05, 0) is 38.0 Å². The van der Waals surface area contributed by atoms with Crippen molar-refractivity contribution in [1.82, 2.24) is 4.90 Å². The van der Waals surface area contributed by atoms with Crippen LogP contribution in [0, 0.1) is 0 Å². The normalized spacial score (nSPS) is 10.2. The lowest BCUT2D eigenvalue weighted by atomic mass is 10.1. The Morgan fingerprint density at radius 1 is 1.20 bits per heavy atom. The summed E-state index contributed by atoms with van der Waals surface area (Å²) in [6, 6.07) is 3.70. The van der Waals surface area contributed by atoms with Crippen molar-refractivity contribution < 1.29 is 14.3 Å². The number of rotatable bonds is 7. The fraction of sp³-hybridized carbons (Fsp3) is 0.533. The summed E-state index contributed by atoms with van der Waals surface area (Å²) in [5, 5.41) is 0. The molecule has 0 radical (unpaired) electrons. The Bertz CT molecular complexity index is 457. The van der Waals surface area contributed by atoms with Gasteiger partial charge in [0, 0.05) is 19.5 Å². The van der Waals surface area contributed by atoms with E-state index in [-0.39, 0.29) is 5.91 Å². The molecule has 0 spiro atoms. The summed E-state index contributed by atoms with van der Waals surface area (Å²) >= 11 is 0. The fourth-order valence-corrected chi connectivity index (χ4v) is 2.18. The standard InChI is InChI=1S/C15H24N2O3/c1-5-17(6-2)14(18)8-7-11-9-12(16)15(20-4)13(10-11)19-3/h9-10H,5-8,16H2,1-4H3. The summed E-state index contributed by atoms with van der Waals surface area (Å²) in [5.74, 6) is 1.28. The van der Waals surface area contributed by atoms with Crippen LogP contribution in [0.15, 0.2) is 12.1 Å². The van der Waals surface area contributed by atoms with E-state index < -0.39 is 0 Å². The first kappa shape index (κ1) is 16.1. The molecule has 1 aromatic carbocycles. The van der Waals surface area contributed by atoms with Crippen LogP contribution in [0.2, 0.25) is 0 Å². The molecule has 0 aliphatic carbocycles. The first-order valence-corrected chi connectivity index (χ1v) is 6.85. The second-order valence-corrected chi connectivity index (χ2v) is 4.49. The molecule has 5 heteroatoms. The zero-order valence-electron chi connectivity index (χ0n) is 12.7. The van der Waals surface area contributed by atoms with E-state index in [1.807, 2.05) is 30.9 Å². The van der Waals surface area contributed by atoms with Crippen LogP contribution < -0.4 is 15.2 Å². The Morgan fingerprint density at radius 3 is 2.35 bits per heavy atom. The molecule has 1 aromatic rings. The molecule has 0 atom stereocenters. The second kappa shape index (κ2) is 7.62. The Kier molecular flexibility index (Phi) is 6.15. The van der Waals surface area contributed by atoms with E-state index in [1.54, 1.807) is 14.2 Å². The summed E-state index contributed by atoms with van der Waals surface area (Å²) in [6.07, 6.45) is 1.11. The van der Waals surface area contributed by atoms with Gasteiger partial charge in [0.1, 0.15) is 0 Å². The quantitative estimate of drug-likeness (QED) is 0.777. The van der Waals surface area contributed by atoms with Crippen molar-refractivity contribution in [2.45, 2.75) is 26.7 Å². The molecular weight excluding hydrogens is 256 g/mol. The number of aryl methyl sites for hydroxylation is 1. The molecule has 0 aromatic heterocycles. The van der Waals surface area contributed by atoms with Gasteiger partial charge in [-0.15, -0.1) is 0 Å². The van der Waals surface area contributed by atoms with Crippen LogP contribution in [0.4, 0.5) is 5.69 Å². The highest BCUT2D eigenvalue weighted by atomic mass is 16.5. The maximum absolute atomic E-state index is 12.0. The molecule has 112 valence electrons. The number of methoxy groups -OCH3 is 2. The molecule has 0 aliphatic rings. The highest BCUT2D eigenvalue weighted by Gasteiger charge is 2.13.